The number of carbonyl (C=O) groups is 3. The van der Waals surface area contributed by atoms with Crippen LogP contribution in [0.4, 0.5) is 5.69 Å². The van der Waals surface area contributed by atoms with Crippen molar-refractivity contribution in [2.24, 2.45) is 0 Å². The Hall–Kier alpha value is -4.87. The van der Waals surface area contributed by atoms with E-state index in [1.807, 2.05) is 92.1 Å². The average Bonchev–Trinajstić information content (AvgIpc) is 3.19. The van der Waals surface area contributed by atoms with E-state index in [9.17, 15) is 32.5 Å². The summed E-state index contributed by atoms with van der Waals surface area (Å²) >= 11 is 0. The van der Waals surface area contributed by atoms with Crippen molar-refractivity contribution >= 4 is 56.3 Å². The third-order valence-corrected chi connectivity index (χ3v) is 8.62. The third kappa shape index (κ3) is 7.93. The first-order chi connectivity index (χ1) is 22.2. The Kier molecular flexibility index (Phi) is 9.60. The number of aliphatic hydroxyl groups excluding tert-OH is 1. The van der Waals surface area contributed by atoms with Crippen LogP contribution in [0, 0.1) is 0 Å². The summed E-state index contributed by atoms with van der Waals surface area (Å²) in [6.07, 6.45) is 7.39. The summed E-state index contributed by atoms with van der Waals surface area (Å²) in [4.78, 5) is 40.9. The van der Waals surface area contributed by atoms with Crippen LogP contribution in [0.5, 0.6) is 0 Å². The molecule has 0 radical (unpaired) electrons. The highest BCUT2D eigenvalue weighted by atomic mass is 32.2. The molecule has 0 atom stereocenters. The highest BCUT2D eigenvalue weighted by Gasteiger charge is 2.37. The smallest absolute Gasteiger partial charge is 0.264 e. The maximum Gasteiger partial charge on any atom is 0.264 e. The first-order valence-corrected chi connectivity index (χ1v) is 17.0. The highest BCUT2D eigenvalue weighted by Crippen LogP contribution is 2.34. The number of benzene rings is 2. The minimum atomic E-state index is -4.18. The predicted molar refractivity (Wildman–Crippen MR) is 181 cm³/mol. The number of amides is 1. The maximum absolute atomic E-state index is 13.3. The van der Waals surface area contributed by atoms with Crippen LogP contribution in [-0.4, -0.2) is 53.4 Å². The number of para-hydroxylation sites is 2. The Morgan fingerprint density at radius 3 is 2.40 bits per heavy atom. The fourth-order valence-electron chi connectivity index (χ4n) is 5.76. The summed E-state index contributed by atoms with van der Waals surface area (Å²) < 4.78 is 34.0. The van der Waals surface area contributed by atoms with Gasteiger partial charge in [-0.2, -0.15) is 13.0 Å². The number of carbonyl (C=O) groups excluding carboxylic acids is 3. The van der Waals surface area contributed by atoms with E-state index >= 15 is 0 Å². The Balaban J connectivity index is 1.50. The summed E-state index contributed by atoms with van der Waals surface area (Å²) in [5.41, 5.74) is 2.86. The molecule has 3 aromatic rings. The number of hydrogen-bond donors (Lipinski definition) is 3. The quantitative estimate of drug-likeness (QED) is 0.121. The van der Waals surface area contributed by atoms with Gasteiger partial charge in [-0.25, -0.2) is 0 Å². The molecule has 2 heterocycles. The van der Waals surface area contributed by atoms with Crippen LogP contribution in [0.2, 0.25) is 0 Å². The predicted octanol–water partition coefficient (Wildman–Crippen LogP) is 4.86. The number of aliphatic hydroxyl groups is 1. The first-order valence-electron chi connectivity index (χ1n) is 15.4. The molecule has 3 N–H and O–H groups in total. The lowest BCUT2D eigenvalue weighted by atomic mass is 10.0. The molecule has 5 rings (SSSR count). The summed E-state index contributed by atoms with van der Waals surface area (Å²) in [5.74, 6) is -2.69. The van der Waals surface area contributed by atoms with Gasteiger partial charge in [-0.3, -0.25) is 18.9 Å². The van der Waals surface area contributed by atoms with Gasteiger partial charge in [0.15, 0.2) is 0 Å². The molecule has 2 aliphatic rings. The standard InChI is InChI=1S/C36H37N3O7S/c1-36(2,3)37-32(40)14-8-19-38-26(17-15-24-10-4-6-12-30(24)38)22-28-33(41)29(35(43)34(28)42)23-27-18-16-25-11-5-7-13-31(25)39(27)20-9-21-47(44,45)46/h4-7,10-13,15-18,22-23H,8-9,14,19-21H2,1-3H3,(H2-,37,40,41,42,43,44,45,46)/p+1. The SMILES string of the molecule is CC(C)(C)NC(=O)CCC[n+]1c(C=C2C(=O)C(=O)C(C=C3C=Cc4ccccc4N3CCCS(=O)(=O)O)=C2O)ccc2ccccc21. The molecule has 0 unspecified atom stereocenters. The second-order valence-electron chi connectivity index (χ2n) is 12.6. The number of rotatable bonds is 10. The minimum Gasteiger partial charge on any atom is -0.506 e. The van der Waals surface area contributed by atoms with Crippen LogP contribution in [0.3, 0.4) is 0 Å². The van der Waals surface area contributed by atoms with Crippen LogP contribution >= 0.6 is 0 Å². The molecule has 2 aromatic carbocycles. The molecule has 1 amide bonds. The van der Waals surface area contributed by atoms with Gasteiger partial charge in [-0.1, -0.05) is 36.4 Å². The fraction of sp³-hybridized carbons (Fsp3) is 0.278. The Labute approximate surface area is 274 Å². The van der Waals surface area contributed by atoms with Gasteiger partial charge in [-0.05, 0) is 63.1 Å². The molecule has 0 saturated carbocycles. The van der Waals surface area contributed by atoms with Gasteiger partial charge < -0.3 is 15.3 Å². The zero-order valence-corrected chi connectivity index (χ0v) is 27.4. The van der Waals surface area contributed by atoms with Crippen LogP contribution in [0.25, 0.3) is 23.1 Å². The fourth-order valence-corrected chi connectivity index (χ4v) is 6.25. The van der Waals surface area contributed by atoms with Crippen LogP contribution in [-0.2, 0) is 31.0 Å². The Morgan fingerprint density at radius 1 is 0.936 bits per heavy atom. The monoisotopic (exact) mass is 656 g/mol. The first kappa shape index (κ1) is 33.5. The van der Waals surface area contributed by atoms with Crippen molar-refractivity contribution in [1.82, 2.24) is 5.32 Å². The van der Waals surface area contributed by atoms with Gasteiger partial charge >= 0.3 is 0 Å². The number of nitrogens with zero attached hydrogens (tertiary/aromatic N) is 2. The molecule has 1 aliphatic carbocycles. The highest BCUT2D eigenvalue weighted by molar-refractivity contribution is 7.85. The van der Waals surface area contributed by atoms with E-state index in [1.165, 1.54) is 12.2 Å². The number of pyridine rings is 1. The second-order valence-corrected chi connectivity index (χ2v) is 14.2. The van der Waals surface area contributed by atoms with Gasteiger partial charge in [0, 0.05) is 59.9 Å². The molecule has 11 heteroatoms. The summed E-state index contributed by atoms with van der Waals surface area (Å²) in [5, 5.41) is 15.2. The Bertz CT molecular complexity index is 2000. The Morgan fingerprint density at radius 2 is 1.66 bits per heavy atom. The molecule has 244 valence electrons. The molecular weight excluding hydrogens is 618 g/mol. The number of nitrogens with one attached hydrogen (secondary N) is 1. The van der Waals surface area contributed by atoms with Crippen molar-refractivity contribution < 1.29 is 37.0 Å². The van der Waals surface area contributed by atoms with Gasteiger partial charge in [0.25, 0.3) is 10.1 Å². The summed E-state index contributed by atoms with van der Waals surface area (Å²) in [7, 11) is -4.18. The molecule has 10 nitrogen and oxygen atoms in total. The number of aryl methyl sites for hydroxylation is 1. The van der Waals surface area contributed by atoms with Gasteiger partial charge in [-0.15, -0.1) is 0 Å². The number of anilines is 1. The minimum absolute atomic E-state index is 0.0699. The topological polar surface area (TPSA) is 145 Å². The second kappa shape index (κ2) is 13.5. The number of allylic oxidation sites excluding steroid dienone is 4. The zero-order chi connectivity index (χ0) is 33.9. The molecular formula is C36H38N3O7S+. The van der Waals surface area contributed by atoms with E-state index in [-0.39, 0.29) is 35.6 Å². The van der Waals surface area contributed by atoms with Crippen molar-refractivity contribution in [3.05, 3.63) is 107 Å². The van der Waals surface area contributed by atoms with E-state index in [1.54, 1.807) is 11.0 Å². The molecule has 0 spiro atoms. The lowest BCUT2D eigenvalue weighted by molar-refractivity contribution is -0.673. The third-order valence-electron chi connectivity index (χ3n) is 7.82. The number of aromatic nitrogens is 1. The van der Waals surface area contributed by atoms with E-state index in [0.717, 1.165) is 22.2 Å². The lowest BCUT2D eigenvalue weighted by Gasteiger charge is -2.30. The average molecular weight is 657 g/mol. The molecule has 0 fully saturated rings. The number of fused-ring (bicyclic) bond motifs is 2. The van der Waals surface area contributed by atoms with Crippen molar-refractivity contribution in [3.8, 4) is 0 Å². The molecule has 0 bridgehead atoms. The van der Waals surface area contributed by atoms with Crippen LogP contribution < -0.4 is 14.8 Å². The largest absolute Gasteiger partial charge is 0.506 e. The lowest BCUT2D eigenvalue weighted by Crippen LogP contribution is -2.42. The maximum atomic E-state index is 13.3. The molecule has 1 aliphatic heterocycles. The van der Waals surface area contributed by atoms with Crippen molar-refractivity contribution in [3.63, 3.8) is 0 Å². The zero-order valence-electron chi connectivity index (χ0n) is 26.6. The normalized spacial score (nSPS) is 16.9. The number of hydrogen-bond acceptors (Lipinski definition) is 7. The number of ketones is 2. The molecule has 0 saturated heterocycles. The molecule has 47 heavy (non-hydrogen) atoms. The van der Waals surface area contributed by atoms with Crippen molar-refractivity contribution in [2.45, 2.75) is 52.1 Å². The van der Waals surface area contributed by atoms with Gasteiger partial charge in [0.2, 0.25) is 28.7 Å². The number of Topliss-reactive ketones (excluding diaryl/α,β-unsaturated/α-hetero) is 2. The van der Waals surface area contributed by atoms with E-state index in [4.69, 9.17) is 0 Å². The summed E-state index contributed by atoms with van der Waals surface area (Å²) in [6.45, 7) is 6.40. The van der Waals surface area contributed by atoms with E-state index in [2.05, 4.69) is 5.32 Å². The van der Waals surface area contributed by atoms with Crippen LogP contribution in [0.15, 0.2) is 95.4 Å². The van der Waals surface area contributed by atoms with Crippen LogP contribution in [0.1, 0.15) is 51.3 Å². The van der Waals surface area contributed by atoms with E-state index in [0.29, 0.717) is 30.8 Å². The van der Waals surface area contributed by atoms with E-state index < -0.39 is 33.2 Å². The van der Waals surface area contributed by atoms with Crippen molar-refractivity contribution in [2.75, 3.05) is 17.2 Å². The molecule has 1 aromatic heterocycles. The summed E-state index contributed by atoms with van der Waals surface area (Å²) in [6, 6.07) is 18.8. The van der Waals surface area contributed by atoms with Gasteiger partial charge in [0.1, 0.15) is 12.3 Å². The van der Waals surface area contributed by atoms with Crippen molar-refractivity contribution in [1.29, 1.82) is 0 Å². The van der Waals surface area contributed by atoms with Gasteiger partial charge in [0.05, 0.1) is 16.9 Å².